The Bertz CT molecular complexity index is 3910. The monoisotopic (exact) mass is 846 g/mol. The molecule has 302 valence electrons. The maximum Gasteiger partial charge on any atom is 0.167 e. The van der Waals surface area contributed by atoms with Gasteiger partial charge in [-0.2, -0.15) is 0 Å². The van der Waals surface area contributed by atoms with Crippen molar-refractivity contribution in [1.29, 1.82) is 0 Å². The lowest BCUT2D eigenvalue weighted by Crippen LogP contribution is -2.32. The van der Waals surface area contributed by atoms with E-state index in [4.69, 9.17) is 24.4 Å². The number of fused-ring (bicyclic) bond motifs is 15. The van der Waals surface area contributed by atoms with Gasteiger partial charge in [-0.3, -0.25) is 0 Å². The molecule has 0 saturated heterocycles. The van der Waals surface area contributed by atoms with E-state index >= 15 is 0 Å². The van der Waals surface area contributed by atoms with Crippen LogP contribution in [0.15, 0.2) is 220 Å². The lowest BCUT2D eigenvalue weighted by Gasteiger charge is -2.40. The Morgan fingerprint density at radius 3 is 1.78 bits per heavy atom. The van der Waals surface area contributed by atoms with E-state index in [0.717, 1.165) is 66.2 Å². The van der Waals surface area contributed by atoms with Crippen molar-refractivity contribution in [2.45, 2.75) is 15.2 Å². The predicted molar refractivity (Wildman–Crippen MR) is 263 cm³/mol. The molecule has 1 spiro atoms. The highest BCUT2D eigenvalue weighted by Gasteiger charge is 2.50. The molecule has 0 N–H and O–H groups in total. The molecule has 0 fully saturated rings. The highest BCUT2D eigenvalue weighted by molar-refractivity contribution is 7.99. The van der Waals surface area contributed by atoms with Gasteiger partial charge in [0.05, 0.1) is 22.2 Å². The number of aromatic nitrogens is 4. The Labute approximate surface area is 378 Å². The highest BCUT2D eigenvalue weighted by atomic mass is 32.2. The van der Waals surface area contributed by atoms with Gasteiger partial charge in [-0.25, -0.2) is 19.9 Å². The van der Waals surface area contributed by atoms with E-state index in [-0.39, 0.29) is 0 Å². The number of pyridine rings is 1. The third-order valence-corrected chi connectivity index (χ3v) is 14.5. The second-order valence-electron chi connectivity index (χ2n) is 16.8. The molecule has 0 unspecified atom stereocenters. The first-order valence-corrected chi connectivity index (χ1v) is 22.7. The van der Waals surface area contributed by atoms with Crippen LogP contribution in [0.1, 0.15) is 22.3 Å². The fraction of sp³-hybridized carbons (Fsp3) is 0.0169. The molecule has 1 aliphatic heterocycles. The van der Waals surface area contributed by atoms with E-state index in [2.05, 4.69) is 146 Å². The van der Waals surface area contributed by atoms with Crippen LogP contribution in [-0.4, -0.2) is 19.9 Å². The zero-order chi connectivity index (χ0) is 42.6. The van der Waals surface area contributed by atoms with Crippen molar-refractivity contribution in [3.8, 4) is 56.5 Å². The summed E-state index contributed by atoms with van der Waals surface area (Å²) in [5.41, 5.74) is 14.4. The number of para-hydroxylation sites is 3. The number of rotatable bonds is 4. The highest BCUT2D eigenvalue weighted by Crippen LogP contribution is 2.62. The molecule has 0 amide bonds. The first-order valence-electron chi connectivity index (χ1n) is 21.9. The third kappa shape index (κ3) is 5.29. The van der Waals surface area contributed by atoms with Crippen LogP contribution in [0.2, 0.25) is 0 Å². The molecule has 12 aromatic rings. The van der Waals surface area contributed by atoms with E-state index in [1.54, 1.807) is 0 Å². The van der Waals surface area contributed by atoms with Gasteiger partial charge in [0.15, 0.2) is 17.5 Å². The topological polar surface area (TPSA) is 64.7 Å². The summed E-state index contributed by atoms with van der Waals surface area (Å²) in [5, 5.41) is 5.47. The first kappa shape index (κ1) is 36.3. The number of hydrogen-bond donors (Lipinski definition) is 0. The van der Waals surface area contributed by atoms with Gasteiger partial charge in [-0.15, -0.1) is 0 Å². The first-order chi connectivity index (χ1) is 32.2. The van der Waals surface area contributed by atoms with Crippen LogP contribution in [0.3, 0.4) is 0 Å². The Hall–Kier alpha value is -8.19. The minimum absolute atomic E-state index is 0.484. The van der Waals surface area contributed by atoms with Crippen LogP contribution < -0.4 is 0 Å². The van der Waals surface area contributed by atoms with Crippen molar-refractivity contribution in [1.82, 2.24) is 19.9 Å². The van der Waals surface area contributed by atoms with Crippen LogP contribution in [0.5, 0.6) is 0 Å². The molecule has 9 aromatic carbocycles. The molecule has 14 rings (SSSR count). The fourth-order valence-electron chi connectivity index (χ4n) is 10.6. The van der Waals surface area contributed by atoms with Gasteiger partial charge in [0.25, 0.3) is 0 Å². The third-order valence-electron chi connectivity index (χ3n) is 13.4. The van der Waals surface area contributed by atoms with Crippen LogP contribution >= 0.6 is 11.8 Å². The molecule has 6 heteroatoms. The molecule has 0 atom stereocenters. The van der Waals surface area contributed by atoms with E-state index in [9.17, 15) is 0 Å². The number of nitrogens with zero attached hydrogens (tertiary/aromatic N) is 4. The minimum Gasteiger partial charge on any atom is -0.455 e. The van der Waals surface area contributed by atoms with Crippen molar-refractivity contribution >= 4 is 55.4 Å². The second kappa shape index (κ2) is 13.9. The quantitative estimate of drug-likeness (QED) is 0.164. The largest absolute Gasteiger partial charge is 0.455 e. The maximum absolute atomic E-state index is 6.50. The van der Waals surface area contributed by atoms with E-state index < -0.39 is 5.41 Å². The summed E-state index contributed by atoms with van der Waals surface area (Å²) >= 11 is 1.86. The lowest BCUT2D eigenvalue weighted by atomic mass is 9.67. The number of furan rings is 1. The summed E-state index contributed by atoms with van der Waals surface area (Å²) in [5.74, 6) is 1.70. The van der Waals surface area contributed by atoms with Gasteiger partial charge in [0.2, 0.25) is 0 Å². The van der Waals surface area contributed by atoms with E-state index in [1.165, 1.54) is 48.6 Å². The van der Waals surface area contributed by atoms with Crippen LogP contribution in [0.4, 0.5) is 0 Å². The van der Waals surface area contributed by atoms with Crippen molar-refractivity contribution in [3.05, 3.63) is 229 Å². The van der Waals surface area contributed by atoms with E-state index in [0.29, 0.717) is 17.5 Å². The molecule has 65 heavy (non-hydrogen) atoms. The molecular formula is C59H34N4OS. The summed E-state index contributed by atoms with van der Waals surface area (Å²) in [6, 6.07) is 73.3. The second-order valence-corrected chi connectivity index (χ2v) is 17.9. The Morgan fingerprint density at radius 2 is 0.954 bits per heavy atom. The SMILES string of the molecule is c1ccc(-c2nc(-c3cccc(-c4nc5ccccc5c5cc6c(cc45)Sc4ccccc4C64c5ccccc5-c5ccccc54)c3)nc(-c3cccc4c3oc3ccccc34)n2)cc1. The molecular weight excluding hydrogens is 813 g/mol. The predicted octanol–water partition coefficient (Wildman–Crippen LogP) is 15.0. The van der Waals surface area contributed by atoms with Crippen LogP contribution in [0, 0.1) is 0 Å². The van der Waals surface area contributed by atoms with E-state index in [1.807, 2.05) is 72.4 Å². The molecule has 2 aliphatic rings. The Kier molecular flexibility index (Phi) is 7.77. The average molecular weight is 847 g/mol. The molecule has 0 bridgehead atoms. The summed E-state index contributed by atoms with van der Waals surface area (Å²) in [4.78, 5) is 23.4. The molecule has 0 saturated carbocycles. The van der Waals surface area contributed by atoms with Crippen LogP contribution in [-0.2, 0) is 5.41 Å². The molecule has 1 aliphatic carbocycles. The van der Waals surface area contributed by atoms with Crippen LogP contribution in [0.25, 0.3) is 100 Å². The summed E-state index contributed by atoms with van der Waals surface area (Å²) in [7, 11) is 0. The van der Waals surface area contributed by atoms with Crippen molar-refractivity contribution in [2.75, 3.05) is 0 Å². The Balaban J connectivity index is 0.993. The maximum atomic E-state index is 6.50. The summed E-state index contributed by atoms with van der Waals surface area (Å²) in [6.45, 7) is 0. The van der Waals surface area contributed by atoms with Gasteiger partial charge < -0.3 is 4.42 Å². The lowest BCUT2D eigenvalue weighted by molar-refractivity contribution is 0.669. The summed E-state index contributed by atoms with van der Waals surface area (Å²) < 4.78 is 6.50. The van der Waals surface area contributed by atoms with Gasteiger partial charge in [-0.1, -0.05) is 176 Å². The molecule has 5 nitrogen and oxygen atoms in total. The molecule has 3 aromatic heterocycles. The number of hydrogen-bond acceptors (Lipinski definition) is 6. The minimum atomic E-state index is -0.484. The summed E-state index contributed by atoms with van der Waals surface area (Å²) in [6.07, 6.45) is 0. The van der Waals surface area contributed by atoms with Gasteiger partial charge in [0.1, 0.15) is 11.2 Å². The van der Waals surface area contributed by atoms with Gasteiger partial charge >= 0.3 is 0 Å². The standard InChI is InChI=1S/C59H34N4OS/c1-2-16-35(17-3-1)56-61-57(63-58(62-56)43-25-15-24-42-41-23-7-12-30-51(41)64-55(42)43)37-19-14-18-36(32-37)54-45-34-53-49(33-44(45)40-22-6-11-29-50(40)60-54)59(48-28-10-13-31-52(48)65-53)46-26-8-4-20-38(46)39-21-5-9-27-47(39)59/h1-34H. The van der Waals surface area contributed by atoms with Gasteiger partial charge in [-0.05, 0) is 81.2 Å². The fourth-order valence-corrected chi connectivity index (χ4v) is 11.8. The van der Waals surface area contributed by atoms with Gasteiger partial charge in [0, 0.05) is 48.0 Å². The van der Waals surface area contributed by atoms with Crippen molar-refractivity contribution in [3.63, 3.8) is 0 Å². The molecule has 0 radical (unpaired) electrons. The zero-order valence-corrected chi connectivity index (χ0v) is 35.6. The number of benzene rings is 9. The Morgan fingerprint density at radius 1 is 0.354 bits per heavy atom. The average Bonchev–Trinajstić information content (AvgIpc) is 3.90. The normalized spacial score (nSPS) is 13.3. The van der Waals surface area contributed by atoms with Crippen molar-refractivity contribution in [2.24, 2.45) is 0 Å². The van der Waals surface area contributed by atoms with Crippen molar-refractivity contribution < 1.29 is 4.42 Å². The smallest absolute Gasteiger partial charge is 0.167 e. The zero-order valence-electron chi connectivity index (χ0n) is 34.7. The molecule has 4 heterocycles.